The van der Waals surface area contributed by atoms with Crippen LogP contribution >= 0.6 is 23.2 Å². The van der Waals surface area contributed by atoms with E-state index in [2.05, 4.69) is 0 Å². The Morgan fingerprint density at radius 3 is 1.81 bits per heavy atom. The van der Waals surface area contributed by atoms with Crippen LogP contribution in [0.2, 0.25) is 10.0 Å². The second-order valence-corrected chi connectivity index (χ2v) is 7.53. The third-order valence-corrected chi connectivity index (χ3v) is 5.67. The van der Waals surface area contributed by atoms with E-state index >= 15 is 4.39 Å². The van der Waals surface area contributed by atoms with E-state index in [-0.39, 0.29) is 0 Å². The van der Waals surface area contributed by atoms with Crippen LogP contribution in [0.5, 0.6) is 0 Å². The van der Waals surface area contributed by atoms with Crippen LogP contribution in [0.15, 0.2) is 48.5 Å². The molecule has 4 rings (SSSR count). The maximum absolute atomic E-state index is 15.6. The van der Waals surface area contributed by atoms with Crippen LogP contribution in [0.3, 0.4) is 0 Å². The second-order valence-electron chi connectivity index (χ2n) is 6.66. The number of carbonyl (C=O) groups excluding carboxylic acids is 2. The van der Waals surface area contributed by atoms with Crippen molar-refractivity contribution in [1.82, 2.24) is 9.80 Å². The number of benzene rings is 2. The first kappa shape index (κ1) is 18.2. The Hall–Kier alpha value is -2.15. The van der Waals surface area contributed by atoms with Crippen molar-refractivity contribution < 1.29 is 18.7 Å². The van der Waals surface area contributed by atoms with Crippen molar-refractivity contribution in [3.63, 3.8) is 0 Å². The molecule has 2 atom stereocenters. The zero-order valence-electron chi connectivity index (χ0n) is 14.4. The quantitative estimate of drug-likeness (QED) is 0.758. The molecule has 140 valence electrons. The third-order valence-electron chi connectivity index (χ3n) is 5.16. The van der Waals surface area contributed by atoms with Gasteiger partial charge in [0.2, 0.25) is 0 Å². The van der Waals surface area contributed by atoms with E-state index in [0.29, 0.717) is 21.2 Å². The Kier molecular flexibility index (Phi) is 4.00. The lowest BCUT2D eigenvalue weighted by Crippen LogP contribution is -2.83. The molecule has 0 N–H and O–H groups in total. The van der Waals surface area contributed by atoms with Gasteiger partial charge in [-0.1, -0.05) is 47.5 Å². The predicted molar refractivity (Wildman–Crippen MR) is 98.3 cm³/mol. The minimum atomic E-state index is -2.64. The van der Waals surface area contributed by atoms with E-state index in [4.69, 9.17) is 27.9 Å². The molecule has 2 fully saturated rings. The normalized spacial score (nSPS) is 26.6. The van der Waals surface area contributed by atoms with Crippen molar-refractivity contribution in [3.05, 3.63) is 69.7 Å². The summed E-state index contributed by atoms with van der Waals surface area (Å²) in [6, 6.07) is 11.6. The molecule has 2 aromatic carbocycles. The SMILES string of the molecule is CN1C(=O)N(C)C2C(F)(OC2(c2ccc(Cl)cc2)c2ccc(Cl)cc2)C1=O. The number of hydrogen-bond acceptors (Lipinski definition) is 3. The Balaban J connectivity index is 1.93. The van der Waals surface area contributed by atoms with Gasteiger partial charge < -0.3 is 9.64 Å². The maximum atomic E-state index is 15.6. The molecule has 2 aliphatic heterocycles. The van der Waals surface area contributed by atoms with E-state index in [1.165, 1.54) is 19.0 Å². The number of rotatable bonds is 2. The van der Waals surface area contributed by atoms with Crippen LogP contribution in [-0.2, 0) is 15.1 Å². The van der Waals surface area contributed by atoms with Crippen LogP contribution in [0.4, 0.5) is 9.18 Å². The van der Waals surface area contributed by atoms with E-state index in [9.17, 15) is 9.59 Å². The Morgan fingerprint density at radius 2 is 1.37 bits per heavy atom. The molecule has 27 heavy (non-hydrogen) atoms. The third kappa shape index (κ3) is 2.33. The van der Waals surface area contributed by atoms with Crippen molar-refractivity contribution in [1.29, 1.82) is 0 Å². The largest absolute Gasteiger partial charge is 0.326 e. The molecule has 0 saturated carbocycles. The molecule has 2 aliphatic rings. The van der Waals surface area contributed by atoms with Crippen LogP contribution in [-0.4, -0.2) is 47.7 Å². The number of amides is 3. The Labute approximate surface area is 165 Å². The molecule has 0 bridgehead atoms. The second kappa shape index (κ2) is 5.92. The zero-order chi connectivity index (χ0) is 19.6. The maximum Gasteiger partial charge on any atom is 0.326 e. The van der Waals surface area contributed by atoms with Gasteiger partial charge in [0.15, 0.2) is 0 Å². The van der Waals surface area contributed by atoms with Crippen LogP contribution in [0.25, 0.3) is 0 Å². The number of imide groups is 1. The Morgan fingerprint density at radius 1 is 0.926 bits per heavy atom. The van der Waals surface area contributed by atoms with E-state index in [1.807, 2.05) is 0 Å². The van der Waals surface area contributed by atoms with Gasteiger partial charge in [-0.3, -0.25) is 9.69 Å². The summed E-state index contributed by atoms with van der Waals surface area (Å²) in [5, 5.41) is 0.999. The standard InChI is InChI=1S/C19H15Cl2FN2O3/c1-23-15-18(11-3-7-13(20)8-4-11,12-5-9-14(21)10-6-12)27-19(15,22)16(25)24(2)17(23)26/h3-10,15H,1-2H3. The molecule has 2 saturated heterocycles. The average molecular weight is 409 g/mol. The smallest absolute Gasteiger partial charge is 0.318 e. The molecule has 0 aromatic heterocycles. The predicted octanol–water partition coefficient (Wildman–Crippen LogP) is 3.83. The van der Waals surface area contributed by atoms with Gasteiger partial charge in [0, 0.05) is 24.1 Å². The van der Waals surface area contributed by atoms with Gasteiger partial charge in [-0.2, -0.15) is 4.39 Å². The highest BCUT2D eigenvalue weighted by molar-refractivity contribution is 6.30. The van der Waals surface area contributed by atoms with Gasteiger partial charge in [-0.05, 0) is 35.4 Å². The lowest BCUT2D eigenvalue weighted by atomic mass is 9.70. The minimum absolute atomic E-state index is 0.500. The molecule has 0 aliphatic carbocycles. The molecule has 5 nitrogen and oxygen atoms in total. The lowest BCUT2D eigenvalue weighted by Gasteiger charge is -2.62. The average Bonchev–Trinajstić information content (AvgIpc) is 2.64. The molecule has 2 unspecified atom stereocenters. The number of carbonyl (C=O) groups is 2. The van der Waals surface area contributed by atoms with E-state index < -0.39 is 29.4 Å². The minimum Gasteiger partial charge on any atom is -0.318 e. The van der Waals surface area contributed by atoms with Gasteiger partial charge in [-0.25, -0.2) is 4.79 Å². The Bertz CT molecular complexity index is 889. The van der Waals surface area contributed by atoms with Gasteiger partial charge in [0.1, 0.15) is 11.6 Å². The number of ether oxygens (including phenoxy) is 1. The van der Waals surface area contributed by atoms with E-state index in [1.54, 1.807) is 48.5 Å². The molecule has 2 heterocycles. The van der Waals surface area contributed by atoms with Crippen LogP contribution < -0.4 is 0 Å². The summed E-state index contributed by atoms with van der Waals surface area (Å²) in [5.74, 6) is -3.66. The van der Waals surface area contributed by atoms with Gasteiger partial charge in [-0.15, -0.1) is 0 Å². The molecular formula is C19H15Cl2FN2O3. The highest BCUT2D eigenvalue weighted by atomic mass is 35.5. The topological polar surface area (TPSA) is 49.9 Å². The number of nitrogens with zero attached hydrogens (tertiary/aromatic N) is 2. The van der Waals surface area contributed by atoms with Crippen molar-refractivity contribution in [2.45, 2.75) is 17.5 Å². The fourth-order valence-electron chi connectivity index (χ4n) is 3.89. The fraction of sp³-hybridized carbons (Fsp3) is 0.263. The fourth-order valence-corrected chi connectivity index (χ4v) is 4.14. The van der Waals surface area contributed by atoms with Gasteiger partial charge in [0.25, 0.3) is 5.91 Å². The summed E-state index contributed by atoms with van der Waals surface area (Å²) < 4.78 is 21.3. The van der Waals surface area contributed by atoms with E-state index in [0.717, 1.165) is 4.90 Å². The molecule has 2 aromatic rings. The van der Waals surface area contributed by atoms with Crippen molar-refractivity contribution in [2.24, 2.45) is 0 Å². The summed E-state index contributed by atoms with van der Waals surface area (Å²) in [6.07, 6.45) is 0. The number of fused-ring (bicyclic) bond motifs is 1. The molecular weight excluding hydrogens is 394 g/mol. The van der Waals surface area contributed by atoms with Crippen molar-refractivity contribution in [2.75, 3.05) is 14.1 Å². The number of alkyl halides is 1. The lowest BCUT2D eigenvalue weighted by molar-refractivity contribution is -0.352. The summed E-state index contributed by atoms with van der Waals surface area (Å²) in [6.45, 7) is 0. The first-order valence-electron chi connectivity index (χ1n) is 8.18. The monoisotopic (exact) mass is 408 g/mol. The van der Waals surface area contributed by atoms with Gasteiger partial charge in [0.05, 0.1) is 0 Å². The summed E-state index contributed by atoms with van der Waals surface area (Å²) >= 11 is 12.0. The van der Waals surface area contributed by atoms with Crippen LogP contribution in [0, 0.1) is 0 Å². The molecule has 8 heteroatoms. The highest BCUT2D eigenvalue weighted by Crippen LogP contribution is 2.58. The van der Waals surface area contributed by atoms with Crippen LogP contribution in [0.1, 0.15) is 11.1 Å². The molecule has 0 spiro atoms. The summed E-state index contributed by atoms with van der Waals surface area (Å²) in [5.41, 5.74) is -0.223. The van der Waals surface area contributed by atoms with Crippen molar-refractivity contribution in [3.8, 4) is 0 Å². The zero-order valence-corrected chi connectivity index (χ0v) is 16.0. The molecule has 0 radical (unpaired) electrons. The number of urea groups is 1. The number of halogens is 3. The summed E-state index contributed by atoms with van der Waals surface area (Å²) in [7, 11) is 2.68. The first-order valence-corrected chi connectivity index (χ1v) is 8.93. The van der Waals surface area contributed by atoms with Gasteiger partial charge >= 0.3 is 11.9 Å². The highest BCUT2D eigenvalue weighted by Gasteiger charge is 2.77. The summed E-state index contributed by atoms with van der Waals surface area (Å²) in [4.78, 5) is 26.9. The number of likely N-dealkylation sites (N-methyl/N-ethyl adjacent to an activating group) is 2. The number of hydrogen-bond donors (Lipinski definition) is 0. The first-order chi connectivity index (χ1) is 12.7. The molecule has 3 amide bonds. The van der Waals surface area contributed by atoms with Crippen molar-refractivity contribution >= 4 is 35.1 Å².